The van der Waals surface area contributed by atoms with Crippen molar-refractivity contribution in [2.75, 3.05) is 7.11 Å². The van der Waals surface area contributed by atoms with Crippen molar-refractivity contribution in [1.82, 2.24) is 4.57 Å². The fourth-order valence-electron chi connectivity index (χ4n) is 3.13. The quantitative estimate of drug-likeness (QED) is 0.412. The third-order valence-electron chi connectivity index (χ3n) is 4.68. The predicted molar refractivity (Wildman–Crippen MR) is 125 cm³/mol. The molecular formula is C20H16ClN3O5S3. The van der Waals surface area contributed by atoms with E-state index in [0.717, 1.165) is 21.4 Å². The van der Waals surface area contributed by atoms with Gasteiger partial charge in [0.2, 0.25) is 10.0 Å². The Morgan fingerprint density at radius 2 is 1.91 bits per heavy atom. The zero-order valence-electron chi connectivity index (χ0n) is 16.6. The van der Waals surface area contributed by atoms with E-state index in [1.807, 2.05) is 24.3 Å². The lowest BCUT2D eigenvalue weighted by atomic mass is 10.2. The van der Waals surface area contributed by atoms with Gasteiger partial charge >= 0.3 is 5.97 Å². The molecule has 8 nitrogen and oxygen atoms in total. The Morgan fingerprint density at radius 1 is 1.16 bits per heavy atom. The molecule has 0 aliphatic carbocycles. The van der Waals surface area contributed by atoms with Crippen LogP contribution in [-0.4, -0.2) is 32.0 Å². The molecule has 32 heavy (non-hydrogen) atoms. The normalized spacial score (nSPS) is 12.5. The molecule has 0 aliphatic heterocycles. The van der Waals surface area contributed by atoms with Crippen LogP contribution in [0, 0.1) is 0 Å². The minimum absolute atomic E-state index is 0.0459. The Hall–Kier alpha value is -2.57. The number of halogens is 1. The second-order valence-electron chi connectivity index (χ2n) is 6.70. The van der Waals surface area contributed by atoms with E-state index in [4.69, 9.17) is 21.5 Å². The minimum Gasteiger partial charge on any atom is -0.469 e. The number of hydrogen-bond acceptors (Lipinski definition) is 7. The fraction of sp³-hybridized carbons (Fsp3) is 0.150. The monoisotopic (exact) mass is 509 g/mol. The van der Waals surface area contributed by atoms with Crippen LogP contribution < -0.4 is 9.94 Å². The summed E-state index contributed by atoms with van der Waals surface area (Å²) in [5, 5.41) is 6.34. The molecule has 0 unspecified atom stereocenters. The number of sulfonamides is 1. The van der Waals surface area contributed by atoms with E-state index in [2.05, 4.69) is 4.99 Å². The average Bonchev–Trinajstić information content (AvgIpc) is 3.28. The number of carbonyl (C=O) groups is 2. The zero-order valence-corrected chi connectivity index (χ0v) is 19.8. The van der Waals surface area contributed by atoms with Gasteiger partial charge in [0, 0.05) is 16.6 Å². The number of hydrogen-bond donors (Lipinski definition) is 1. The van der Waals surface area contributed by atoms with Crippen molar-refractivity contribution in [3.8, 4) is 0 Å². The number of esters is 1. The van der Waals surface area contributed by atoms with E-state index >= 15 is 0 Å². The minimum atomic E-state index is -3.90. The van der Waals surface area contributed by atoms with Gasteiger partial charge in [-0.25, -0.2) is 13.6 Å². The molecule has 0 fully saturated rings. The number of methoxy groups -OCH3 is 1. The van der Waals surface area contributed by atoms with E-state index in [-0.39, 0.29) is 17.9 Å². The van der Waals surface area contributed by atoms with E-state index in [1.165, 1.54) is 30.6 Å². The molecule has 0 atom stereocenters. The van der Waals surface area contributed by atoms with E-state index < -0.39 is 21.9 Å². The largest absolute Gasteiger partial charge is 0.469 e. The van der Waals surface area contributed by atoms with Crippen LogP contribution in [0.5, 0.6) is 0 Å². The number of aromatic nitrogens is 1. The lowest BCUT2D eigenvalue weighted by Crippen LogP contribution is -2.19. The highest BCUT2D eigenvalue weighted by Crippen LogP contribution is 2.35. The van der Waals surface area contributed by atoms with Crippen molar-refractivity contribution in [1.29, 1.82) is 0 Å². The van der Waals surface area contributed by atoms with Crippen molar-refractivity contribution >= 4 is 76.5 Å². The first-order valence-electron chi connectivity index (χ1n) is 9.18. The van der Waals surface area contributed by atoms with Crippen molar-refractivity contribution < 1.29 is 22.7 Å². The average molecular weight is 510 g/mol. The third-order valence-corrected chi connectivity index (χ3v) is 8.29. The number of ether oxygens (including phenoxy) is 1. The first kappa shape index (κ1) is 22.6. The maximum atomic E-state index is 13.0. The maximum Gasteiger partial charge on any atom is 0.307 e. The van der Waals surface area contributed by atoms with Gasteiger partial charge in [-0.2, -0.15) is 4.99 Å². The lowest BCUT2D eigenvalue weighted by molar-refractivity contribution is -0.140. The van der Waals surface area contributed by atoms with Crippen LogP contribution in [0.4, 0.5) is 0 Å². The summed E-state index contributed by atoms with van der Waals surface area (Å²) in [7, 11) is -2.62. The topological polar surface area (TPSA) is 121 Å². The lowest BCUT2D eigenvalue weighted by Gasteiger charge is -2.05. The van der Waals surface area contributed by atoms with Crippen LogP contribution in [-0.2, 0) is 26.1 Å². The van der Waals surface area contributed by atoms with E-state index in [0.29, 0.717) is 24.9 Å². The van der Waals surface area contributed by atoms with Crippen molar-refractivity contribution in [2.45, 2.75) is 17.9 Å². The maximum absolute atomic E-state index is 13.0. The Labute approximate surface area is 195 Å². The first-order valence-corrected chi connectivity index (χ1v) is 12.7. The molecule has 0 saturated carbocycles. The van der Waals surface area contributed by atoms with Crippen LogP contribution in [0.3, 0.4) is 0 Å². The first-order chi connectivity index (χ1) is 15.2. The molecular weight excluding hydrogens is 494 g/mol. The molecule has 2 aromatic heterocycles. The smallest absolute Gasteiger partial charge is 0.307 e. The number of carbonyl (C=O) groups excluding carboxylic acids is 2. The molecule has 0 spiro atoms. The number of primary sulfonamides is 1. The SMILES string of the molecule is COC(=O)CCn1c(=NC(=O)c2sc3ccccc3c2Cl)sc2cc(S(N)(=O)=O)ccc21. The van der Waals surface area contributed by atoms with Crippen LogP contribution >= 0.6 is 34.3 Å². The van der Waals surface area contributed by atoms with Crippen LogP contribution in [0.25, 0.3) is 20.3 Å². The van der Waals surface area contributed by atoms with E-state index in [9.17, 15) is 18.0 Å². The Bertz CT molecular complexity index is 1550. The number of thiazole rings is 1. The van der Waals surface area contributed by atoms with Gasteiger partial charge in [0.1, 0.15) is 4.88 Å². The number of nitrogens with zero attached hydrogens (tertiary/aromatic N) is 2. The Balaban J connectivity index is 1.86. The van der Waals surface area contributed by atoms with Crippen LogP contribution in [0.1, 0.15) is 16.1 Å². The molecule has 4 aromatic rings. The van der Waals surface area contributed by atoms with Gasteiger partial charge in [0.25, 0.3) is 5.91 Å². The highest BCUT2D eigenvalue weighted by Gasteiger charge is 2.18. The Kier molecular flexibility index (Phi) is 6.19. The molecule has 0 bridgehead atoms. The van der Waals surface area contributed by atoms with Gasteiger partial charge < -0.3 is 9.30 Å². The highest BCUT2D eigenvalue weighted by atomic mass is 35.5. The molecule has 0 radical (unpaired) electrons. The van der Waals surface area contributed by atoms with Crippen molar-refractivity contribution in [3.63, 3.8) is 0 Å². The molecule has 0 saturated heterocycles. The molecule has 2 aromatic carbocycles. The molecule has 0 aliphatic rings. The number of benzene rings is 2. The standard InChI is InChI=1S/C20H16ClN3O5S3/c1-29-16(25)8-9-24-13-7-6-11(32(22,27)28)10-15(13)31-20(24)23-19(26)18-17(21)12-4-2-3-5-14(12)30-18/h2-7,10H,8-9H2,1H3,(H2,22,27,28). The van der Waals surface area contributed by atoms with Gasteiger partial charge in [-0.3, -0.25) is 9.59 Å². The molecule has 2 N–H and O–H groups in total. The summed E-state index contributed by atoms with van der Waals surface area (Å²) in [5.74, 6) is -0.955. The summed E-state index contributed by atoms with van der Waals surface area (Å²) < 4.78 is 31.3. The number of fused-ring (bicyclic) bond motifs is 2. The van der Waals surface area contributed by atoms with Crippen LogP contribution in [0.2, 0.25) is 5.02 Å². The fourth-order valence-corrected chi connectivity index (χ4v) is 6.23. The summed E-state index contributed by atoms with van der Waals surface area (Å²) in [5.41, 5.74) is 0.611. The van der Waals surface area contributed by atoms with Gasteiger partial charge in [0.15, 0.2) is 4.80 Å². The van der Waals surface area contributed by atoms with Crippen molar-refractivity contribution in [3.05, 3.63) is 57.2 Å². The Morgan fingerprint density at radius 3 is 2.59 bits per heavy atom. The van der Waals surface area contributed by atoms with E-state index in [1.54, 1.807) is 10.6 Å². The molecule has 4 rings (SSSR count). The molecule has 12 heteroatoms. The van der Waals surface area contributed by atoms with Crippen molar-refractivity contribution in [2.24, 2.45) is 10.1 Å². The number of nitrogens with two attached hydrogens (primary N) is 1. The van der Waals surface area contributed by atoms with Gasteiger partial charge in [-0.05, 0) is 24.3 Å². The molecule has 1 amide bonds. The number of amides is 1. The number of rotatable bonds is 5. The second-order valence-corrected chi connectivity index (χ2v) is 10.7. The molecule has 2 heterocycles. The second kappa shape index (κ2) is 8.75. The summed E-state index contributed by atoms with van der Waals surface area (Å²) in [6.07, 6.45) is 0.0459. The van der Waals surface area contributed by atoms with Crippen LogP contribution in [0.15, 0.2) is 52.4 Å². The third kappa shape index (κ3) is 4.34. The number of thiophene rings is 1. The molecule has 166 valence electrons. The summed E-state index contributed by atoms with van der Waals surface area (Å²) in [6, 6.07) is 11.7. The highest BCUT2D eigenvalue weighted by molar-refractivity contribution is 7.89. The predicted octanol–water partition coefficient (Wildman–Crippen LogP) is 3.52. The van der Waals surface area contributed by atoms with Gasteiger partial charge in [0.05, 0.1) is 33.7 Å². The summed E-state index contributed by atoms with van der Waals surface area (Å²) >= 11 is 8.77. The van der Waals surface area contributed by atoms with Gasteiger partial charge in [-0.15, -0.1) is 11.3 Å². The summed E-state index contributed by atoms with van der Waals surface area (Å²) in [4.78, 5) is 29.5. The number of aryl methyl sites for hydroxylation is 1. The van der Waals surface area contributed by atoms with Gasteiger partial charge in [-0.1, -0.05) is 41.1 Å². The summed E-state index contributed by atoms with van der Waals surface area (Å²) in [6.45, 7) is 0.188. The zero-order chi connectivity index (χ0) is 23.0.